The van der Waals surface area contributed by atoms with Crippen LogP contribution in [-0.2, 0) is 33.3 Å². The highest BCUT2D eigenvalue weighted by Crippen LogP contribution is 2.67. The van der Waals surface area contributed by atoms with Crippen LogP contribution in [0.3, 0.4) is 0 Å². The number of rotatable bonds is 6. The number of fused-ring (bicyclic) bond motifs is 3. The number of ketones is 1. The monoisotopic (exact) mass is 587 g/mol. The van der Waals surface area contributed by atoms with Gasteiger partial charge >= 0.3 is 11.9 Å². The summed E-state index contributed by atoms with van der Waals surface area (Å²) in [5.41, 5.74) is -7.36. The maximum absolute atomic E-state index is 14.0. The van der Waals surface area contributed by atoms with E-state index in [9.17, 15) is 24.6 Å². The molecule has 0 spiro atoms. The summed E-state index contributed by atoms with van der Waals surface area (Å²) in [6.07, 6.45) is -1.22. The van der Waals surface area contributed by atoms with E-state index in [4.69, 9.17) is 18.9 Å². The number of nitrogens with zero attached hydrogens (tertiary/aromatic N) is 1. The number of aliphatic hydroxyl groups excluding tert-OH is 1. The van der Waals surface area contributed by atoms with Gasteiger partial charge in [0.2, 0.25) is 0 Å². The summed E-state index contributed by atoms with van der Waals surface area (Å²) in [5, 5.41) is 24.2. The molecule has 40 heavy (non-hydrogen) atoms. The fourth-order valence-corrected chi connectivity index (χ4v) is 8.03. The van der Waals surface area contributed by atoms with E-state index in [-0.39, 0.29) is 25.2 Å². The van der Waals surface area contributed by atoms with E-state index in [0.717, 1.165) is 0 Å². The lowest BCUT2D eigenvalue weighted by atomic mass is 9.39. The van der Waals surface area contributed by atoms with Crippen molar-refractivity contribution in [1.82, 2.24) is 4.90 Å². The fourth-order valence-electron chi connectivity index (χ4n) is 8.03. The average Bonchev–Trinajstić information content (AvgIpc) is 2.86. The van der Waals surface area contributed by atoms with E-state index in [1.807, 2.05) is 13.8 Å². The Hall–Kier alpha value is -1.56. The normalized spacial score (nSPS) is 43.0. The molecule has 0 aromatic heterocycles. The van der Waals surface area contributed by atoms with Gasteiger partial charge < -0.3 is 29.2 Å². The predicted molar refractivity (Wildman–Crippen MR) is 148 cm³/mol. The van der Waals surface area contributed by atoms with Gasteiger partial charge in [0.05, 0.1) is 31.3 Å². The Morgan fingerprint density at radius 3 is 2.35 bits per heavy atom. The number of halogens is 1. The van der Waals surface area contributed by atoms with Crippen LogP contribution in [-0.4, -0.2) is 101 Å². The first-order chi connectivity index (χ1) is 18.1. The zero-order valence-corrected chi connectivity index (χ0v) is 25.4. The van der Waals surface area contributed by atoms with Gasteiger partial charge in [-0.05, 0) is 32.1 Å². The molecule has 8 atom stereocenters. The van der Waals surface area contributed by atoms with E-state index in [2.05, 4.69) is 11.5 Å². The molecule has 0 aromatic carbocycles. The second-order valence-electron chi connectivity index (χ2n) is 13.0. The zero-order chi connectivity index (χ0) is 29.0. The number of carbonyl (C=O) groups is 3. The van der Waals surface area contributed by atoms with Gasteiger partial charge in [-0.3, -0.25) is 19.3 Å². The van der Waals surface area contributed by atoms with Gasteiger partial charge in [0.1, 0.15) is 11.7 Å². The van der Waals surface area contributed by atoms with Crippen molar-refractivity contribution in [3.63, 3.8) is 0 Å². The van der Waals surface area contributed by atoms with Crippen LogP contribution in [0.2, 0.25) is 0 Å². The van der Waals surface area contributed by atoms with Gasteiger partial charge in [-0.2, -0.15) is 0 Å². The molecule has 2 aliphatic heterocycles. The van der Waals surface area contributed by atoms with E-state index >= 15 is 0 Å². The second kappa shape index (κ2) is 11.3. The Bertz CT molecular complexity index is 1020. The lowest BCUT2D eigenvalue weighted by Gasteiger charge is -2.71. The first-order valence-corrected chi connectivity index (χ1v) is 14.0. The van der Waals surface area contributed by atoms with Crippen LogP contribution >= 0.6 is 12.4 Å². The molecule has 0 unspecified atom stereocenters. The predicted octanol–water partition coefficient (Wildman–Crippen LogP) is 2.21. The first kappa shape index (κ1) is 32.9. The third-order valence-corrected chi connectivity index (χ3v) is 10.00. The highest BCUT2D eigenvalue weighted by molar-refractivity contribution is 5.92. The molecule has 2 N–H and O–H groups in total. The van der Waals surface area contributed by atoms with Gasteiger partial charge in [0.15, 0.2) is 17.5 Å². The van der Waals surface area contributed by atoms with Crippen LogP contribution < -0.4 is 0 Å². The van der Waals surface area contributed by atoms with E-state index in [0.29, 0.717) is 45.7 Å². The van der Waals surface area contributed by atoms with Crippen molar-refractivity contribution in [3.8, 4) is 0 Å². The van der Waals surface area contributed by atoms with Crippen LogP contribution in [0.15, 0.2) is 12.7 Å². The van der Waals surface area contributed by atoms with Crippen molar-refractivity contribution in [3.05, 3.63) is 12.7 Å². The molecule has 0 radical (unpaired) electrons. The number of hydrogen-bond donors (Lipinski definition) is 2. The number of morpholine rings is 1. The SMILES string of the molecule is C=C[C@@]1(C)CC(=O)[C@]2(O)[C@@]3(C)[C@@H](O)CCC(C)(C)[C@@H]3[C@H](OC(=O)CCN3CCOCC3)[C@H](OC(C)=O)[C@@]2(C)O1.Cl. The van der Waals surface area contributed by atoms with Gasteiger partial charge in [0, 0.05) is 44.3 Å². The summed E-state index contributed by atoms with van der Waals surface area (Å²) in [4.78, 5) is 42.0. The van der Waals surface area contributed by atoms with Crippen LogP contribution in [0.4, 0.5) is 0 Å². The van der Waals surface area contributed by atoms with Crippen molar-refractivity contribution < 1.29 is 43.5 Å². The number of esters is 2. The second-order valence-corrected chi connectivity index (χ2v) is 13.0. The third-order valence-electron chi connectivity index (χ3n) is 10.00. The molecule has 0 amide bonds. The van der Waals surface area contributed by atoms with Crippen LogP contribution in [0, 0.1) is 16.7 Å². The molecular weight excluding hydrogens is 542 g/mol. The Balaban J connectivity index is 0.00000441. The summed E-state index contributed by atoms with van der Waals surface area (Å²) in [7, 11) is 0. The molecule has 0 aromatic rings. The summed E-state index contributed by atoms with van der Waals surface area (Å²) in [6, 6.07) is 0. The molecule has 2 heterocycles. The number of hydrogen-bond acceptors (Lipinski definition) is 10. The minimum atomic E-state index is -2.25. The van der Waals surface area contributed by atoms with Crippen LogP contribution in [0.5, 0.6) is 0 Å². The molecule has 10 nitrogen and oxygen atoms in total. The molecule has 4 aliphatic rings. The van der Waals surface area contributed by atoms with Crippen molar-refractivity contribution in [2.75, 3.05) is 32.8 Å². The van der Waals surface area contributed by atoms with E-state index < -0.39 is 69.6 Å². The van der Waals surface area contributed by atoms with Crippen molar-refractivity contribution >= 4 is 30.1 Å². The smallest absolute Gasteiger partial charge is 0.307 e. The van der Waals surface area contributed by atoms with Crippen LogP contribution in [0.25, 0.3) is 0 Å². The average molecular weight is 588 g/mol. The van der Waals surface area contributed by atoms with Gasteiger partial charge in [-0.25, -0.2) is 0 Å². The molecule has 228 valence electrons. The van der Waals surface area contributed by atoms with Crippen LogP contribution in [0.1, 0.15) is 67.2 Å². The molecule has 0 bridgehead atoms. The highest BCUT2D eigenvalue weighted by Gasteiger charge is 2.82. The zero-order valence-electron chi connectivity index (χ0n) is 24.6. The van der Waals surface area contributed by atoms with Gasteiger partial charge in [0.25, 0.3) is 0 Å². The Morgan fingerprint density at radius 2 is 1.77 bits per heavy atom. The lowest BCUT2D eigenvalue weighted by Crippen LogP contribution is -2.87. The summed E-state index contributed by atoms with van der Waals surface area (Å²) < 4.78 is 23.9. The summed E-state index contributed by atoms with van der Waals surface area (Å²) in [6.45, 7) is 17.0. The number of aliphatic hydroxyl groups is 2. The van der Waals surface area contributed by atoms with E-state index in [1.54, 1.807) is 13.8 Å². The van der Waals surface area contributed by atoms with Gasteiger partial charge in [-0.15, -0.1) is 19.0 Å². The molecule has 2 saturated carbocycles. The quantitative estimate of drug-likeness (QED) is 0.352. The third kappa shape index (κ3) is 5.02. The fraction of sp³-hybridized carbons (Fsp3) is 0.828. The standard InChI is InChI=1S/C29H45NO9.ClH/c1-8-26(5)17-20(33)29(35)27(6)19(32)9-11-25(3,4)23(27)22(24(37-18(2)31)28(29,7)39-26)38-21(34)10-12-30-13-15-36-16-14-30;/h8,19,22-24,32,35H,1,9-17H2,2-7H3;1H/t19-,22-,23-,24-,26-,27-,28+,29-;/m0./s1. The number of carbonyl (C=O) groups excluding carboxylic acids is 3. The number of Topliss-reactive ketones (excluding diaryl/α,β-unsaturated/α-hetero) is 1. The molecule has 11 heteroatoms. The molecule has 4 rings (SSSR count). The highest BCUT2D eigenvalue weighted by atomic mass is 35.5. The maximum Gasteiger partial charge on any atom is 0.307 e. The van der Waals surface area contributed by atoms with E-state index in [1.165, 1.54) is 19.9 Å². The molecule has 4 fully saturated rings. The minimum Gasteiger partial charge on any atom is -0.458 e. The van der Waals surface area contributed by atoms with Crippen molar-refractivity contribution in [1.29, 1.82) is 0 Å². The lowest BCUT2D eigenvalue weighted by molar-refractivity contribution is -0.371. The Morgan fingerprint density at radius 1 is 1.15 bits per heavy atom. The number of ether oxygens (including phenoxy) is 4. The summed E-state index contributed by atoms with van der Waals surface area (Å²) in [5.74, 6) is -2.43. The van der Waals surface area contributed by atoms with Gasteiger partial charge in [-0.1, -0.05) is 26.8 Å². The minimum absolute atomic E-state index is 0. The largest absolute Gasteiger partial charge is 0.458 e. The summed E-state index contributed by atoms with van der Waals surface area (Å²) >= 11 is 0. The molecule has 2 saturated heterocycles. The first-order valence-electron chi connectivity index (χ1n) is 14.0. The Labute approximate surface area is 243 Å². The molecule has 2 aliphatic carbocycles. The topological polar surface area (TPSA) is 132 Å². The van der Waals surface area contributed by atoms with Crippen molar-refractivity contribution in [2.45, 2.75) is 102 Å². The molecular formula is C29H46ClNO9. The maximum atomic E-state index is 14.0. The van der Waals surface area contributed by atoms with Crippen molar-refractivity contribution in [2.24, 2.45) is 16.7 Å². The Kier molecular flexibility index (Phi) is 9.28.